The summed E-state index contributed by atoms with van der Waals surface area (Å²) in [5.74, 6) is -0.195. The van der Waals surface area contributed by atoms with Crippen LogP contribution in [-0.4, -0.2) is 36.0 Å². The summed E-state index contributed by atoms with van der Waals surface area (Å²) in [6.45, 7) is 7.26. The second-order valence-electron chi connectivity index (χ2n) is 5.19. The molecule has 0 radical (unpaired) electrons. The zero-order chi connectivity index (χ0) is 16.2. The van der Waals surface area contributed by atoms with Gasteiger partial charge in [0.25, 0.3) is 0 Å². The molecule has 5 nitrogen and oxygen atoms in total. The third-order valence-corrected chi connectivity index (χ3v) is 2.85. The van der Waals surface area contributed by atoms with Crippen molar-refractivity contribution in [2.75, 3.05) is 13.2 Å². The van der Waals surface area contributed by atoms with E-state index in [1.807, 2.05) is 13.8 Å². The number of aliphatic hydroxyl groups is 1. The Hall–Kier alpha value is -1.15. The minimum Gasteiger partial charge on any atom is -0.491 e. The van der Waals surface area contributed by atoms with Crippen LogP contribution in [0.5, 0.6) is 5.75 Å². The van der Waals surface area contributed by atoms with Crippen molar-refractivity contribution in [2.45, 2.75) is 39.4 Å². The van der Waals surface area contributed by atoms with Crippen molar-refractivity contribution in [3.8, 4) is 5.75 Å². The molecule has 1 aromatic carbocycles. The number of benzene rings is 1. The number of hydrogen-bond donors (Lipinski definition) is 3. The van der Waals surface area contributed by atoms with Crippen molar-refractivity contribution in [1.82, 2.24) is 0 Å². The van der Waals surface area contributed by atoms with Gasteiger partial charge in [-0.1, -0.05) is 13.8 Å². The zero-order valence-electron chi connectivity index (χ0n) is 12.9. The molecule has 21 heavy (non-hydrogen) atoms. The molecule has 1 aliphatic heterocycles. The fourth-order valence-corrected chi connectivity index (χ4v) is 2.02. The van der Waals surface area contributed by atoms with Gasteiger partial charge < -0.3 is 25.3 Å². The lowest BCUT2D eigenvalue weighted by Crippen LogP contribution is -2.34. The molecule has 0 fully saturated rings. The Kier molecular flexibility index (Phi) is 6.16. The first-order chi connectivity index (χ1) is 9.83. The Morgan fingerprint density at radius 1 is 1.43 bits per heavy atom. The molecule has 0 saturated carbocycles. The fraction of sp³-hybridized carbons (Fsp3) is 0.571. The van der Waals surface area contributed by atoms with Crippen molar-refractivity contribution in [3.05, 3.63) is 23.5 Å². The normalized spacial score (nSPS) is 17.1. The smallest absolute Gasteiger partial charge is 0.491 e. The van der Waals surface area contributed by atoms with E-state index in [4.69, 9.17) is 15.1 Å². The highest BCUT2D eigenvalue weighted by molar-refractivity contribution is 6.62. The van der Waals surface area contributed by atoms with E-state index >= 15 is 0 Å². The topological polar surface area (TPSA) is 84.9 Å². The Morgan fingerprint density at radius 2 is 2.05 bits per heavy atom. The molecule has 118 valence electrons. The van der Waals surface area contributed by atoms with E-state index in [9.17, 15) is 14.5 Å². The van der Waals surface area contributed by atoms with E-state index in [1.165, 1.54) is 12.1 Å². The van der Waals surface area contributed by atoms with E-state index < -0.39 is 24.6 Å². The Balaban J connectivity index is 0.00000106. The molecule has 1 aliphatic rings. The Labute approximate surface area is 125 Å². The maximum Gasteiger partial charge on any atom is 0.495 e. The molecule has 1 aromatic rings. The number of rotatable bonds is 4. The largest absolute Gasteiger partial charge is 0.495 e. The molecule has 0 unspecified atom stereocenters. The molecule has 0 aromatic heterocycles. The molecule has 7 heteroatoms. The van der Waals surface area contributed by atoms with E-state index in [0.29, 0.717) is 5.75 Å². The van der Waals surface area contributed by atoms with Crippen LogP contribution < -0.4 is 15.9 Å². The predicted molar refractivity (Wildman–Crippen MR) is 80.0 cm³/mol. The van der Waals surface area contributed by atoms with E-state index in [-0.39, 0.29) is 24.2 Å². The van der Waals surface area contributed by atoms with Crippen LogP contribution in [0.3, 0.4) is 0 Å². The molecular formula is C14H23BFNO4. The maximum atomic E-state index is 13.8. The molecular weight excluding hydrogens is 276 g/mol. The van der Waals surface area contributed by atoms with Crippen molar-refractivity contribution in [3.63, 3.8) is 0 Å². The summed E-state index contributed by atoms with van der Waals surface area (Å²) in [5.41, 5.74) is 4.94. The third-order valence-electron chi connectivity index (χ3n) is 2.85. The van der Waals surface area contributed by atoms with Gasteiger partial charge in [-0.3, -0.25) is 0 Å². The lowest BCUT2D eigenvalue weighted by Gasteiger charge is -2.19. The number of halogens is 1. The summed E-state index contributed by atoms with van der Waals surface area (Å²) in [7, 11) is -1.27. The predicted octanol–water partition coefficient (Wildman–Crippen LogP) is 0.719. The van der Waals surface area contributed by atoms with Gasteiger partial charge in [0.05, 0.1) is 11.7 Å². The molecule has 0 aliphatic carbocycles. The number of ether oxygens (including phenoxy) is 1. The van der Waals surface area contributed by atoms with Gasteiger partial charge in [-0.2, -0.15) is 0 Å². The lowest BCUT2D eigenvalue weighted by atomic mass is 9.78. The van der Waals surface area contributed by atoms with Crippen LogP contribution in [0.1, 0.15) is 39.4 Å². The zero-order valence-corrected chi connectivity index (χ0v) is 12.9. The average molecular weight is 299 g/mol. The summed E-state index contributed by atoms with van der Waals surface area (Å²) in [6, 6.07) is 2.65. The third kappa shape index (κ3) is 4.17. The first kappa shape index (κ1) is 17.9. The van der Waals surface area contributed by atoms with E-state index in [1.54, 1.807) is 13.8 Å². The summed E-state index contributed by atoms with van der Waals surface area (Å²) in [4.78, 5) is 0. The number of fused-ring (bicyclic) bond motifs is 1. The number of nitrogens with two attached hydrogens (primary N) is 1. The van der Waals surface area contributed by atoms with Crippen molar-refractivity contribution in [1.29, 1.82) is 0 Å². The van der Waals surface area contributed by atoms with Gasteiger partial charge in [0, 0.05) is 17.6 Å². The fourth-order valence-electron chi connectivity index (χ4n) is 2.02. The number of hydrogen-bond acceptors (Lipinski definition) is 5. The molecule has 0 amide bonds. The Morgan fingerprint density at radius 3 is 2.57 bits per heavy atom. The van der Waals surface area contributed by atoms with Crippen LogP contribution in [0, 0.1) is 5.82 Å². The van der Waals surface area contributed by atoms with Crippen molar-refractivity contribution < 1.29 is 23.9 Å². The van der Waals surface area contributed by atoms with E-state index in [2.05, 4.69) is 0 Å². The van der Waals surface area contributed by atoms with Crippen molar-refractivity contribution >= 4 is 12.6 Å². The van der Waals surface area contributed by atoms with Crippen LogP contribution >= 0.6 is 0 Å². The van der Waals surface area contributed by atoms with Gasteiger partial charge in [0.2, 0.25) is 0 Å². The minimum atomic E-state index is -1.27. The van der Waals surface area contributed by atoms with Gasteiger partial charge >= 0.3 is 7.12 Å². The molecule has 0 bridgehead atoms. The highest BCUT2D eigenvalue weighted by Gasteiger charge is 2.39. The summed E-state index contributed by atoms with van der Waals surface area (Å²) < 4.78 is 24.4. The standard InChI is InChI=1S/C12H17BFNO4.C2H6/c1-12(2,16)6-18-8-4-3-7(14)10-9(5-15)19-13(17)11(8)10;1-2/h3-4,9,16-17H,5-6,15H2,1-2H3;1-2H3/t9-;/m1./s1. The highest BCUT2D eigenvalue weighted by Crippen LogP contribution is 2.29. The molecule has 0 spiro atoms. The van der Waals surface area contributed by atoms with Gasteiger partial charge in [0.15, 0.2) is 0 Å². The molecule has 1 heterocycles. The minimum absolute atomic E-state index is 0.0189. The van der Waals surface area contributed by atoms with Gasteiger partial charge in [-0.15, -0.1) is 0 Å². The van der Waals surface area contributed by atoms with Crippen LogP contribution in [-0.2, 0) is 4.65 Å². The molecule has 0 saturated heterocycles. The lowest BCUT2D eigenvalue weighted by molar-refractivity contribution is 0.0288. The first-order valence-electron chi connectivity index (χ1n) is 7.04. The van der Waals surface area contributed by atoms with Crippen LogP contribution in [0.4, 0.5) is 4.39 Å². The van der Waals surface area contributed by atoms with Gasteiger partial charge in [-0.05, 0) is 26.0 Å². The molecule has 2 rings (SSSR count). The van der Waals surface area contributed by atoms with E-state index in [0.717, 1.165) is 0 Å². The monoisotopic (exact) mass is 299 g/mol. The second kappa shape index (κ2) is 7.22. The summed E-state index contributed by atoms with van der Waals surface area (Å²) in [5, 5.41) is 19.5. The van der Waals surface area contributed by atoms with Crippen LogP contribution in [0.2, 0.25) is 0 Å². The SMILES string of the molecule is CC.CC(C)(O)COc1ccc(F)c2c1B(O)O[C@@H]2CN. The molecule has 1 atom stereocenters. The Bertz CT molecular complexity index is 479. The quantitative estimate of drug-likeness (QED) is 0.713. The van der Waals surface area contributed by atoms with Crippen LogP contribution in [0.25, 0.3) is 0 Å². The van der Waals surface area contributed by atoms with Crippen LogP contribution in [0.15, 0.2) is 12.1 Å². The maximum absolute atomic E-state index is 13.8. The average Bonchev–Trinajstić information content (AvgIpc) is 2.78. The van der Waals surface area contributed by atoms with Gasteiger partial charge in [0.1, 0.15) is 18.2 Å². The molecule has 4 N–H and O–H groups in total. The second-order valence-corrected chi connectivity index (χ2v) is 5.19. The van der Waals surface area contributed by atoms with Gasteiger partial charge in [-0.25, -0.2) is 4.39 Å². The van der Waals surface area contributed by atoms with Crippen molar-refractivity contribution in [2.24, 2.45) is 5.73 Å². The highest BCUT2D eigenvalue weighted by atomic mass is 19.1. The summed E-state index contributed by atoms with van der Waals surface area (Å²) >= 11 is 0. The summed E-state index contributed by atoms with van der Waals surface area (Å²) in [6.07, 6.45) is -0.685. The first-order valence-corrected chi connectivity index (χ1v) is 7.04.